The normalized spacial score (nSPS) is 19.9. The molecule has 0 amide bonds. The topological polar surface area (TPSA) is 27.7 Å². The van der Waals surface area contributed by atoms with Gasteiger partial charge in [-0.05, 0) is 64.8 Å². The van der Waals surface area contributed by atoms with Crippen molar-refractivity contribution in [2.75, 3.05) is 13.2 Å². The molecule has 0 unspecified atom stereocenters. The van der Waals surface area contributed by atoms with Crippen LogP contribution in [0.1, 0.15) is 46.6 Å². The monoisotopic (exact) mass is 416 g/mol. The number of hydrogen-bond donors (Lipinski definition) is 0. The van der Waals surface area contributed by atoms with E-state index in [1.807, 2.05) is 34.6 Å². The highest BCUT2D eigenvalue weighted by atomic mass is 79.9. The van der Waals surface area contributed by atoms with Gasteiger partial charge in [-0.1, -0.05) is 15.9 Å². The Bertz CT molecular complexity index is 646. The second-order valence-electron chi connectivity index (χ2n) is 6.99. The SMILES string of the molecule is CCOCCC(=C(F)B1OC(C)(C)C(C)(C)O1)c1cc(Br)ccc1F. The van der Waals surface area contributed by atoms with Gasteiger partial charge < -0.3 is 14.0 Å². The summed E-state index contributed by atoms with van der Waals surface area (Å²) in [5.41, 5.74) is -1.58. The molecular weight excluding hydrogens is 393 g/mol. The number of ether oxygens (including phenoxy) is 1. The zero-order valence-electron chi connectivity index (χ0n) is 15.3. The predicted molar refractivity (Wildman–Crippen MR) is 99.3 cm³/mol. The maximum absolute atomic E-state index is 15.3. The molecular formula is C18H24BBrF2O3. The molecule has 25 heavy (non-hydrogen) atoms. The highest BCUT2D eigenvalue weighted by molar-refractivity contribution is 9.10. The maximum atomic E-state index is 15.3. The smallest absolute Gasteiger partial charge is 0.398 e. The average Bonchev–Trinajstić information content (AvgIpc) is 2.74. The molecule has 0 N–H and O–H groups in total. The molecule has 1 saturated heterocycles. The van der Waals surface area contributed by atoms with Gasteiger partial charge in [0.25, 0.3) is 0 Å². The Balaban J connectivity index is 2.43. The third-order valence-electron chi connectivity index (χ3n) is 4.70. The van der Waals surface area contributed by atoms with Gasteiger partial charge in [-0.25, -0.2) is 8.78 Å². The van der Waals surface area contributed by atoms with Crippen LogP contribution in [-0.4, -0.2) is 31.5 Å². The Morgan fingerprint density at radius 3 is 2.36 bits per heavy atom. The first kappa shape index (κ1) is 20.6. The van der Waals surface area contributed by atoms with E-state index in [0.29, 0.717) is 11.1 Å². The molecule has 1 heterocycles. The van der Waals surface area contributed by atoms with E-state index >= 15 is 4.39 Å². The predicted octanol–water partition coefficient (Wildman–Crippen LogP) is 5.33. The Labute approximate surface area is 157 Å². The standard InChI is InChI=1S/C18H24BBrF2O3/c1-6-23-10-9-13(14-11-12(20)7-8-15(14)21)16(22)19-24-17(2,3)18(4,5)25-19/h7-8,11H,6,9-10H2,1-5H3. The first-order valence-corrected chi connectivity index (χ1v) is 9.15. The Morgan fingerprint density at radius 1 is 1.20 bits per heavy atom. The van der Waals surface area contributed by atoms with E-state index in [-0.39, 0.29) is 24.2 Å². The number of hydrogen-bond acceptors (Lipinski definition) is 3. The van der Waals surface area contributed by atoms with Crippen LogP contribution < -0.4 is 0 Å². The summed E-state index contributed by atoms with van der Waals surface area (Å²) in [6, 6.07) is 4.44. The van der Waals surface area contributed by atoms with Gasteiger partial charge in [-0.2, -0.15) is 0 Å². The first-order chi connectivity index (χ1) is 11.6. The third-order valence-corrected chi connectivity index (χ3v) is 5.20. The maximum Gasteiger partial charge on any atom is 0.525 e. The average molecular weight is 417 g/mol. The van der Waals surface area contributed by atoms with Crippen LogP contribution in [0.3, 0.4) is 0 Å². The molecule has 1 aromatic rings. The van der Waals surface area contributed by atoms with Gasteiger partial charge in [0.1, 0.15) is 11.5 Å². The molecule has 1 fully saturated rings. The van der Waals surface area contributed by atoms with Crippen molar-refractivity contribution in [1.29, 1.82) is 0 Å². The van der Waals surface area contributed by atoms with Gasteiger partial charge in [0.15, 0.2) is 0 Å². The number of benzene rings is 1. The zero-order valence-corrected chi connectivity index (χ0v) is 16.9. The molecule has 0 bridgehead atoms. The lowest BCUT2D eigenvalue weighted by Gasteiger charge is -2.32. The van der Waals surface area contributed by atoms with E-state index < -0.39 is 29.9 Å². The molecule has 1 aliphatic heterocycles. The minimum atomic E-state index is -1.17. The van der Waals surface area contributed by atoms with Crippen molar-refractivity contribution in [3.05, 3.63) is 39.8 Å². The summed E-state index contributed by atoms with van der Waals surface area (Å²) in [4.78, 5) is 0. The van der Waals surface area contributed by atoms with Crippen molar-refractivity contribution in [1.82, 2.24) is 0 Å². The largest absolute Gasteiger partial charge is 0.525 e. The quantitative estimate of drug-likeness (QED) is 0.463. The van der Waals surface area contributed by atoms with Gasteiger partial charge in [0.05, 0.1) is 17.8 Å². The van der Waals surface area contributed by atoms with Crippen LogP contribution in [0.4, 0.5) is 8.78 Å². The summed E-state index contributed by atoms with van der Waals surface area (Å²) in [7, 11) is -1.17. The molecule has 0 radical (unpaired) electrons. The molecule has 3 nitrogen and oxygen atoms in total. The van der Waals surface area contributed by atoms with Crippen LogP contribution in [0, 0.1) is 5.82 Å². The van der Waals surface area contributed by atoms with Crippen LogP contribution in [-0.2, 0) is 14.0 Å². The fourth-order valence-corrected chi connectivity index (χ4v) is 2.88. The van der Waals surface area contributed by atoms with E-state index in [1.54, 1.807) is 12.1 Å². The highest BCUT2D eigenvalue weighted by Gasteiger charge is 2.53. The van der Waals surface area contributed by atoms with Crippen LogP contribution in [0.5, 0.6) is 0 Å². The van der Waals surface area contributed by atoms with Gasteiger partial charge in [-0.15, -0.1) is 0 Å². The summed E-state index contributed by atoms with van der Waals surface area (Å²) in [6.07, 6.45) is 0.219. The van der Waals surface area contributed by atoms with Crippen molar-refractivity contribution in [3.63, 3.8) is 0 Å². The molecule has 1 aliphatic rings. The molecule has 2 rings (SSSR count). The highest BCUT2D eigenvalue weighted by Crippen LogP contribution is 2.41. The first-order valence-electron chi connectivity index (χ1n) is 8.36. The Kier molecular flexibility index (Phi) is 6.47. The van der Waals surface area contributed by atoms with Gasteiger partial charge in [-0.3, -0.25) is 0 Å². The number of halogens is 3. The lowest BCUT2D eigenvalue weighted by atomic mass is 9.81. The van der Waals surface area contributed by atoms with Gasteiger partial charge in [0.2, 0.25) is 0 Å². The van der Waals surface area contributed by atoms with Crippen LogP contribution in [0.2, 0.25) is 0 Å². The van der Waals surface area contributed by atoms with E-state index in [4.69, 9.17) is 14.0 Å². The van der Waals surface area contributed by atoms with E-state index in [2.05, 4.69) is 15.9 Å². The summed E-state index contributed by atoms with van der Waals surface area (Å²) in [5, 5.41) is 0. The van der Waals surface area contributed by atoms with Crippen molar-refractivity contribution >= 4 is 28.6 Å². The van der Waals surface area contributed by atoms with E-state index in [9.17, 15) is 4.39 Å². The van der Waals surface area contributed by atoms with Crippen LogP contribution >= 0.6 is 15.9 Å². The third kappa shape index (κ3) is 4.51. The molecule has 0 atom stereocenters. The van der Waals surface area contributed by atoms with Crippen molar-refractivity contribution in [2.24, 2.45) is 0 Å². The Hall–Kier alpha value is -0.755. The van der Waals surface area contributed by atoms with E-state index in [1.165, 1.54) is 6.07 Å². The number of rotatable bonds is 6. The van der Waals surface area contributed by atoms with Crippen molar-refractivity contribution in [2.45, 2.75) is 52.2 Å². The fourth-order valence-electron chi connectivity index (χ4n) is 2.52. The molecule has 0 spiro atoms. The Morgan fingerprint density at radius 2 is 1.80 bits per heavy atom. The van der Waals surface area contributed by atoms with Gasteiger partial charge >= 0.3 is 7.12 Å². The molecule has 0 aliphatic carbocycles. The van der Waals surface area contributed by atoms with Gasteiger partial charge in [0, 0.05) is 16.6 Å². The lowest BCUT2D eigenvalue weighted by molar-refractivity contribution is 0.00578. The molecule has 1 aromatic carbocycles. The summed E-state index contributed by atoms with van der Waals surface area (Å²) >= 11 is 3.31. The summed E-state index contributed by atoms with van der Waals surface area (Å²) in [6.45, 7) is 10.0. The van der Waals surface area contributed by atoms with Crippen LogP contribution in [0.25, 0.3) is 5.57 Å². The second kappa shape index (κ2) is 7.86. The molecule has 138 valence electrons. The molecule has 7 heteroatoms. The minimum absolute atomic E-state index is 0.182. The fraction of sp³-hybridized carbons (Fsp3) is 0.556. The van der Waals surface area contributed by atoms with Crippen molar-refractivity contribution in [3.8, 4) is 0 Å². The second-order valence-corrected chi connectivity index (χ2v) is 7.90. The zero-order chi connectivity index (χ0) is 18.8. The van der Waals surface area contributed by atoms with Crippen LogP contribution in [0.15, 0.2) is 28.4 Å². The molecule has 0 aromatic heterocycles. The summed E-state index contributed by atoms with van der Waals surface area (Å²) < 4.78 is 47.2. The van der Waals surface area contributed by atoms with E-state index in [0.717, 1.165) is 0 Å². The summed E-state index contributed by atoms with van der Waals surface area (Å²) in [5.74, 6) is -0.499. The lowest BCUT2D eigenvalue weighted by Crippen LogP contribution is -2.41. The minimum Gasteiger partial charge on any atom is -0.398 e. The van der Waals surface area contributed by atoms with Crippen molar-refractivity contribution < 1.29 is 22.8 Å². The molecule has 0 saturated carbocycles.